The lowest BCUT2D eigenvalue weighted by molar-refractivity contribution is -0.142. The van der Waals surface area contributed by atoms with E-state index in [9.17, 15) is 9.59 Å². The molecular weight excluding hydrogens is 216 g/mol. The summed E-state index contributed by atoms with van der Waals surface area (Å²) >= 11 is 0. The number of hydrogen-bond acceptors (Lipinski definition) is 2. The molecule has 4 heteroatoms. The van der Waals surface area contributed by atoms with Gasteiger partial charge in [0.25, 0.3) is 0 Å². The van der Waals surface area contributed by atoms with Gasteiger partial charge in [0.1, 0.15) is 0 Å². The number of rotatable bonds is 3. The van der Waals surface area contributed by atoms with Crippen molar-refractivity contribution >= 4 is 17.5 Å². The van der Waals surface area contributed by atoms with E-state index in [1.54, 1.807) is 12.1 Å². The molecule has 0 aliphatic rings. The predicted molar refractivity (Wildman–Crippen MR) is 67.7 cm³/mol. The third-order valence-electron chi connectivity index (χ3n) is 2.55. The van der Waals surface area contributed by atoms with Crippen LogP contribution in [0.4, 0.5) is 5.69 Å². The summed E-state index contributed by atoms with van der Waals surface area (Å²) in [5, 5.41) is 2.59. The maximum atomic E-state index is 11.7. The highest BCUT2D eigenvalue weighted by molar-refractivity contribution is 6.39. The van der Waals surface area contributed by atoms with Crippen molar-refractivity contribution in [2.24, 2.45) is 0 Å². The lowest BCUT2D eigenvalue weighted by Crippen LogP contribution is -2.39. The lowest BCUT2D eigenvalue weighted by Gasteiger charge is -2.17. The van der Waals surface area contributed by atoms with Crippen molar-refractivity contribution in [2.45, 2.75) is 20.8 Å². The van der Waals surface area contributed by atoms with Gasteiger partial charge in [-0.1, -0.05) is 17.7 Å². The van der Waals surface area contributed by atoms with E-state index in [0.29, 0.717) is 18.8 Å². The van der Waals surface area contributed by atoms with Crippen LogP contribution < -0.4 is 5.32 Å². The van der Waals surface area contributed by atoms with Crippen molar-refractivity contribution in [3.05, 3.63) is 29.8 Å². The van der Waals surface area contributed by atoms with Crippen molar-refractivity contribution < 1.29 is 9.59 Å². The Morgan fingerprint density at radius 1 is 1.12 bits per heavy atom. The van der Waals surface area contributed by atoms with Crippen molar-refractivity contribution in [1.29, 1.82) is 0 Å². The predicted octanol–water partition coefficient (Wildman–Crippen LogP) is 1.80. The van der Waals surface area contributed by atoms with Gasteiger partial charge in [-0.15, -0.1) is 0 Å². The zero-order chi connectivity index (χ0) is 12.8. The summed E-state index contributed by atoms with van der Waals surface area (Å²) in [7, 11) is 0. The Morgan fingerprint density at radius 2 is 1.65 bits per heavy atom. The molecular formula is C13H18N2O2. The fraction of sp³-hybridized carbons (Fsp3) is 0.385. The Morgan fingerprint density at radius 3 is 2.12 bits per heavy atom. The van der Waals surface area contributed by atoms with Crippen LogP contribution in [0, 0.1) is 6.92 Å². The summed E-state index contributed by atoms with van der Waals surface area (Å²) < 4.78 is 0. The topological polar surface area (TPSA) is 49.4 Å². The second kappa shape index (κ2) is 6.03. The molecule has 0 bridgehead atoms. The Balaban J connectivity index is 2.66. The molecule has 0 radical (unpaired) electrons. The zero-order valence-corrected chi connectivity index (χ0v) is 10.5. The number of carbonyl (C=O) groups is 2. The minimum absolute atomic E-state index is 0.490. The Kier molecular flexibility index (Phi) is 4.69. The van der Waals surface area contributed by atoms with E-state index < -0.39 is 11.8 Å². The van der Waals surface area contributed by atoms with Gasteiger partial charge in [-0.05, 0) is 32.9 Å². The number of carbonyl (C=O) groups excluding carboxylic acids is 2. The monoisotopic (exact) mass is 234 g/mol. The summed E-state index contributed by atoms with van der Waals surface area (Å²) in [6.45, 7) is 6.74. The third kappa shape index (κ3) is 3.59. The fourth-order valence-electron chi connectivity index (χ4n) is 1.48. The number of nitrogens with one attached hydrogen (secondary N) is 1. The summed E-state index contributed by atoms with van der Waals surface area (Å²) in [6.07, 6.45) is 0. The van der Waals surface area contributed by atoms with Gasteiger partial charge in [-0.2, -0.15) is 0 Å². The van der Waals surface area contributed by atoms with E-state index in [4.69, 9.17) is 0 Å². The van der Waals surface area contributed by atoms with Crippen LogP contribution in [-0.2, 0) is 9.59 Å². The molecule has 0 heterocycles. The number of likely N-dealkylation sites (N-methyl/N-ethyl adjacent to an activating group) is 1. The first kappa shape index (κ1) is 13.2. The summed E-state index contributed by atoms with van der Waals surface area (Å²) in [5.74, 6) is -1.08. The fourth-order valence-corrected chi connectivity index (χ4v) is 1.48. The molecule has 1 aromatic carbocycles. The highest BCUT2D eigenvalue weighted by atomic mass is 16.2. The molecule has 0 aliphatic heterocycles. The first-order valence-corrected chi connectivity index (χ1v) is 5.75. The summed E-state index contributed by atoms with van der Waals surface area (Å²) in [4.78, 5) is 24.8. The van der Waals surface area contributed by atoms with Gasteiger partial charge < -0.3 is 10.2 Å². The largest absolute Gasteiger partial charge is 0.335 e. The Bertz CT molecular complexity index is 394. The molecule has 0 spiro atoms. The van der Waals surface area contributed by atoms with Crippen LogP contribution in [0.3, 0.4) is 0 Å². The smallest absolute Gasteiger partial charge is 0.313 e. The van der Waals surface area contributed by atoms with E-state index in [0.717, 1.165) is 5.56 Å². The summed E-state index contributed by atoms with van der Waals surface area (Å²) in [6, 6.07) is 7.33. The van der Waals surface area contributed by atoms with Crippen molar-refractivity contribution in [3.8, 4) is 0 Å². The number of aryl methyl sites for hydroxylation is 1. The van der Waals surface area contributed by atoms with Gasteiger partial charge in [0.05, 0.1) is 0 Å². The second-order valence-corrected chi connectivity index (χ2v) is 3.80. The molecule has 4 nitrogen and oxygen atoms in total. The van der Waals surface area contributed by atoms with Crippen LogP contribution in [0.5, 0.6) is 0 Å². The molecule has 1 N–H and O–H groups in total. The number of nitrogens with zero attached hydrogens (tertiary/aromatic N) is 1. The highest BCUT2D eigenvalue weighted by Crippen LogP contribution is 2.08. The average Bonchev–Trinajstić information content (AvgIpc) is 2.33. The van der Waals surface area contributed by atoms with E-state index in [1.165, 1.54) is 4.90 Å². The van der Waals surface area contributed by atoms with E-state index in [1.807, 2.05) is 32.9 Å². The van der Waals surface area contributed by atoms with Crippen molar-refractivity contribution in [1.82, 2.24) is 4.90 Å². The molecule has 0 aromatic heterocycles. The van der Waals surface area contributed by atoms with Crippen LogP contribution in [0.1, 0.15) is 19.4 Å². The SMILES string of the molecule is CCN(CC)C(=O)C(=O)Nc1ccc(C)cc1. The standard InChI is InChI=1S/C13H18N2O2/c1-4-15(5-2)13(17)12(16)14-11-8-6-10(3)7-9-11/h6-9H,4-5H2,1-3H3,(H,14,16). The number of amides is 2. The molecule has 0 saturated heterocycles. The molecule has 0 saturated carbocycles. The van der Waals surface area contributed by atoms with Crippen LogP contribution in [-0.4, -0.2) is 29.8 Å². The van der Waals surface area contributed by atoms with Crippen molar-refractivity contribution in [2.75, 3.05) is 18.4 Å². The van der Waals surface area contributed by atoms with Crippen LogP contribution in [0.2, 0.25) is 0 Å². The van der Waals surface area contributed by atoms with Gasteiger partial charge in [0.15, 0.2) is 0 Å². The Hall–Kier alpha value is -1.84. The second-order valence-electron chi connectivity index (χ2n) is 3.80. The average molecular weight is 234 g/mol. The van der Waals surface area contributed by atoms with Crippen LogP contribution in [0.15, 0.2) is 24.3 Å². The third-order valence-corrected chi connectivity index (χ3v) is 2.55. The number of hydrogen-bond donors (Lipinski definition) is 1. The van der Waals surface area contributed by atoms with Crippen molar-refractivity contribution in [3.63, 3.8) is 0 Å². The van der Waals surface area contributed by atoms with Gasteiger partial charge >= 0.3 is 11.8 Å². The highest BCUT2D eigenvalue weighted by Gasteiger charge is 2.18. The maximum absolute atomic E-state index is 11.7. The molecule has 1 aromatic rings. The molecule has 0 aliphatic carbocycles. The van der Waals surface area contributed by atoms with Crippen LogP contribution >= 0.6 is 0 Å². The number of benzene rings is 1. The normalized spacial score (nSPS) is 9.82. The molecule has 1 rings (SSSR count). The quantitative estimate of drug-likeness (QED) is 0.811. The van der Waals surface area contributed by atoms with E-state index >= 15 is 0 Å². The van der Waals surface area contributed by atoms with Gasteiger partial charge in [-0.3, -0.25) is 9.59 Å². The van der Waals surface area contributed by atoms with Crippen LogP contribution in [0.25, 0.3) is 0 Å². The maximum Gasteiger partial charge on any atom is 0.313 e. The lowest BCUT2D eigenvalue weighted by atomic mass is 10.2. The number of anilines is 1. The minimum Gasteiger partial charge on any atom is -0.335 e. The molecule has 0 atom stereocenters. The van der Waals surface area contributed by atoms with Gasteiger partial charge in [0, 0.05) is 18.8 Å². The minimum atomic E-state index is -0.586. The molecule has 92 valence electrons. The Labute approximate surface area is 102 Å². The van der Waals surface area contributed by atoms with Gasteiger partial charge in [0.2, 0.25) is 0 Å². The van der Waals surface area contributed by atoms with E-state index in [2.05, 4.69) is 5.32 Å². The molecule has 0 unspecified atom stereocenters. The molecule has 0 fully saturated rings. The summed E-state index contributed by atoms with van der Waals surface area (Å²) in [5.41, 5.74) is 1.75. The van der Waals surface area contributed by atoms with E-state index in [-0.39, 0.29) is 0 Å². The molecule has 2 amide bonds. The first-order valence-electron chi connectivity index (χ1n) is 5.75. The van der Waals surface area contributed by atoms with Gasteiger partial charge in [-0.25, -0.2) is 0 Å². The molecule has 17 heavy (non-hydrogen) atoms. The zero-order valence-electron chi connectivity index (χ0n) is 10.5. The first-order chi connectivity index (χ1) is 8.08.